The topological polar surface area (TPSA) is 69.6 Å². The summed E-state index contributed by atoms with van der Waals surface area (Å²) in [7, 11) is 0. The van der Waals surface area contributed by atoms with Crippen LogP contribution in [-0.2, 0) is 9.59 Å². The van der Waals surface area contributed by atoms with Crippen molar-refractivity contribution in [2.75, 3.05) is 19.6 Å². The molecule has 1 aliphatic rings. The minimum atomic E-state index is -0.867. The molecule has 2 rings (SSSR count). The van der Waals surface area contributed by atoms with Crippen LogP contribution in [0.3, 0.4) is 0 Å². The van der Waals surface area contributed by atoms with E-state index in [1.807, 2.05) is 23.6 Å². The highest BCUT2D eigenvalue weighted by atomic mass is 32.1. The highest BCUT2D eigenvalue weighted by Crippen LogP contribution is 2.27. The molecule has 2 heterocycles. The summed E-state index contributed by atoms with van der Waals surface area (Å²) in [6.07, 6.45) is 3.99. The molecule has 1 aliphatic heterocycles. The maximum Gasteiger partial charge on any atom is 0.304 e. The van der Waals surface area contributed by atoms with Gasteiger partial charge in [0.25, 0.3) is 0 Å². The summed E-state index contributed by atoms with van der Waals surface area (Å²) >= 11 is 1.51. The fourth-order valence-corrected chi connectivity index (χ4v) is 3.79. The smallest absolute Gasteiger partial charge is 0.304 e. The van der Waals surface area contributed by atoms with Gasteiger partial charge in [0, 0.05) is 42.9 Å². The van der Waals surface area contributed by atoms with E-state index in [0.29, 0.717) is 0 Å². The average molecular weight is 336 g/mol. The first-order valence-corrected chi connectivity index (χ1v) is 8.84. The zero-order valence-electron chi connectivity index (χ0n) is 13.2. The summed E-state index contributed by atoms with van der Waals surface area (Å²) in [5.74, 6) is -1.16. The van der Waals surface area contributed by atoms with Gasteiger partial charge in [0.05, 0.1) is 6.42 Å². The van der Waals surface area contributed by atoms with E-state index in [-0.39, 0.29) is 30.7 Å². The number of likely N-dealkylation sites (tertiary alicyclic amines) is 1. The van der Waals surface area contributed by atoms with E-state index in [0.717, 1.165) is 37.4 Å². The Labute approximate surface area is 141 Å². The third-order valence-electron chi connectivity index (χ3n) is 4.14. The second-order valence-electron chi connectivity index (χ2n) is 5.95. The van der Waals surface area contributed by atoms with Gasteiger partial charge in [-0.05, 0) is 24.3 Å². The molecule has 1 atom stereocenters. The number of amides is 1. The number of carbonyl (C=O) groups excluding carboxylic acids is 1. The molecule has 126 valence electrons. The number of nitrogens with one attached hydrogen (secondary N) is 1. The predicted octanol–water partition coefficient (Wildman–Crippen LogP) is 2.46. The van der Waals surface area contributed by atoms with Gasteiger partial charge in [-0.3, -0.25) is 14.5 Å². The number of piperidine rings is 1. The van der Waals surface area contributed by atoms with Crippen LogP contribution in [-0.4, -0.2) is 47.6 Å². The van der Waals surface area contributed by atoms with Crippen LogP contribution in [0.25, 0.3) is 0 Å². The quantitative estimate of drug-likeness (QED) is 0.716. The van der Waals surface area contributed by atoms with Crippen molar-refractivity contribution in [3.05, 3.63) is 35.0 Å². The summed E-state index contributed by atoms with van der Waals surface area (Å²) in [6, 6.07) is 3.99. The van der Waals surface area contributed by atoms with E-state index in [2.05, 4.69) is 16.8 Å². The van der Waals surface area contributed by atoms with E-state index < -0.39 is 5.97 Å². The third-order valence-corrected chi connectivity index (χ3v) is 5.17. The number of carboxylic acids is 1. The maximum absolute atomic E-state index is 12.3. The number of hydrogen-bond acceptors (Lipinski definition) is 4. The molecule has 0 bridgehead atoms. The minimum absolute atomic E-state index is 0.00822. The van der Waals surface area contributed by atoms with E-state index in [1.165, 1.54) is 11.3 Å². The number of rotatable bonds is 8. The van der Waals surface area contributed by atoms with E-state index >= 15 is 0 Å². The number of nitrogens with zero attached hydrogens (tertiary/aromatic N) is 1. The zero-order valence-corrected chi connectivity index (χ0v) is 14.1. The summed E-state index contributed by atoms with van der Waals surface area (Å²) in [5.41, 5.74) is 0. The van der Waals surface area contributed by atoms with Crippen LogP contribution in [0, 0.1) is 0 Å². The van der Waals surface area contributed by atoms with Crippen LogP contribution in [0.15, 0.2) is 30.2 Å². The first-order valence-electron chi connectivity index (χ1n) is 7.96. The lowest BCUT2D eigenvalue weighted by atomic mass is 9.98. The van der Waals surface area contributed by atoms with Gasteiger partial charge in [-0.2, -0.15) is 0 Å². The normalized spacial score (nSPS) is 17.6. The van der Waals surface area contributed by atoms with E-state index in [4.69, 9.17) is 5.11 Å². The van der Waals surface area contributed by atoms with Gasteiger partial charge in [0.15, 0.2) is 0 Å². The molecule has 1 amide bonds. The van der Waals surface area contributed by atoms with Gasteiger partial charge >= 0.3 is 5.97 Å². The Balaban J connectivity index is 1.83. The zero-order chi connectivity index (χ0) is 16.7. The largest absolute Gasteiger partial charge is 0.481 e. The van der Waals surface area contributed by atoms with Crippen molar-refractivity contribution < 1.29 is 14.7 Å². The number of thiophene rings is 1. The third kappa shape index (κ3) is 5.80. The van der Waals surface area contributed by atoms with Crippen LogP contribution >= 0.6 is 11.3 Å². The van der Waals surface area contributed by atoms with E-state index in [1.54, 1.807) is 0 Å². The molecule has 1 saturated heterocycles. The number of aliphatic carboxylic acids is 1. The summed E-state index contributed by atoms with van der Waals surface area (Å²) in [6.45, 7) is 6.55. The van der Waals surface area contributed by atoms with Crippen LogP contribution in [0.4, 0.5) is 0 Å². The average Bonchev–Trinajstić information content (AvgIpc) is 3.02. The van der Waals surface area contributed by atoms with Gasteiger partial charge in [0.2, 0.25) is 5.91 Å². The Bertz CT molecular complexity index is 522. The molecule has 0 radical (unpaired) electrons. The SMILES string of the molecule is C=CCN1CCC(NC(=O)CC(CC(=O)O)c2cccs2)CC1. The number of carboxylic acid groups (broad SMARTS) is 1. The van der Waals surface area contributed by atoms with Gasteiger partial charge in [-0.1, -0.05) is 12.1 Å². The maximum atomic E-state index is 12.3. The standard InChI is InChI=1S/C17H24N2O3S/c1-2-7-19-8-5-14(6-9-19)18-16(20)11-13(12-17(21)22)15-4-3-10-23-15/h2-4,10,13-14H,1,5-9,11-12H2,(H,18,20)(H,21,22). The van der Waals surface area contributed by atoms with Crippen molar-refractivity contribution in [1.29, 1.82) is 0 Å². The number of carbonyl (C=O) groups is 2. The lowest BCUT2D eigenvalue weighted by molar-refractivity contribution is -0.137. The molecule has 23 heavy (non-hydrogen) atoms. The van der Waals surface area contributed by atoms with Crippen LogP contribution < -0.4 is 5.32 Å². The fourth-order valence-electron chi connectivity index (χ4n) is 2.96. The second-order valence-corrected chi connectivity index (χ2v) is 6.92. The monoisotopic (exact) mass is 336 g/mol. The van der Waals surface area contributed by atoms with Gasteiger partial charge in [-0.25, -0.2) is 0 Å². The van der Waals surface area contributed by atoms with Crippen molar-refractivity contribution >= 4 is 23.2 Å². The Morgan fingerprint density at radius 3 is 2.74 bits per heavy atom. The van der Waals surface area contributed by atoms with Gasteiger partial charge in [0.1, 0.15) is 0 Å². The molecule has 0 saturated carbocycles. The molecule has 1 unspecified atom stereocenters. The molecule has 1 aromatic rings. The first-order chi connectivity index (χ1) is 11.1. The van der Waals surface area contributed by atoms with Crippen molar-refractivity contribution in [3.63, 3.8) is 0 Å². The Hall–Kier alpha value is -1.66. The molecule has 0 aliphatic carbocycles. The summed E-state index contributed by atoms with van der Waals surface area (Å²) < 4.78 is 0. The lowest BCUT2D eigenvalue weighted by Crippen LogP contribution is -2.44. The fraction of sp³-hybridized carbons (Fsp3) is 0.529. The van der Waals surface area contributed by atoms with Crippen molar-refractivity contribution in [2.45, 2.75) is 37.6 Å². The molecule has 0 spiro atoms. The highest BCUT2D eigenvalue weighted by molar-refractivity contribution is 7.10. The lowest BCUT2D eigenvalue weighted by Gasteiger charge is -2.31. The van der Waals surface area contributed by atoms with Crippen LogP contribution in [0.1, 0.15) is 36.5 Å². The molecule has 0 aromatic carbocycles. The second kappa shape index (κ2) is 8.84. The molecule has 2 N–H and O–H groups in total. The molecule has 1 aromatic heterocycles. The highest BCUT2D eigenvalue weighted by Gasteiger charge is 2.24. The Morgan fingerprint density at radius 2 is 2.17 bits per heavy atom. The van der Waals surface area contributed by atoms with Crippen LogP contribution in [0.5, 0.6) is 0 Å². The summed E-state index contributed by atoms with van der Waals surface area (Å²) in [5, 5.41) is 14.0. The first kappa shape index (κ1) is 17.7. The van der Waals surface area contributed by atoms with Gasteiger partial charge in [-0.15, -0.1) is 17.9 Å². The minimum Gasteiger partial charge on any atom is -0.481 e. The Kier molecular flexibility index (Phi) is 6.80. The van der Waals surface area contributed by atoms with Crippen molar-refractivity contribution in [2.24, 2.45) is 0 Å². The van der Waals surface area contributed by atoms with Gasteiger partial charge < -0.3 is 10.4 Å². The predicted molar refractivity (Wildman–Crippen MR) is 91.7 cm³/mol. The van der Waals surface area contributed by atoms with Crippen molar-refractivity contribution in [1.82, 2.24) is 10.2 Å². The Morgan fingerprint density at radius 1 is 1.43 bits per heavy atom. The number of hydrogen-bond donors (Lipinski definition) is 2. The van der Waals surface area contributed by atoms with Crippen molar-refractivity contribution in [3.8, 4) is 0 Å². The molecule has 5 nitrogen and oxygen atoms in total. The molecule has 1 fully saturated rings. The molecular weight excluding hydrogens is 312 g/mol. The molecular formula is C17H24N2O3S. The molecule has 6 heteroatoms. The van der Waals surface area contributed by atoms with E-state index in [9.17, 15) is 9.59 Å². The van der Waals surface area contributed by atoms with Crippen LogP contribution in [0.2, 0.25) is 0 Å². The summed E-state index contributed by atoms with van der Waals surface area (Å²) in [4.78, 5) is 26.6.